The minimum absolute atomic E-state index is 0.141. The van der Waals surface area contributed by atoms with Crippen molar-refractivity contribution in [3.05, 3.63) is 47.9 Å². The van der Waals surface area contributed by atoms with Gasteiger partial charge in [-0.15, -0.1) is 0 Å². The Hall–Kier alpha value is -3.69. The third kappa shape index (κ3) is 4.52. The number of fused-ring (bicyclic) bond motifs is 1. The van der Waals surface area contributed by atoms with Gasteiger partial charge in [-0.2, -0.15) is 14.6 Å². The third-order valence-electron chi connectivity index (χ3n) is 6.60. The largest absolute Gasteiger partial charge is 0.353 e. The lowest BCUT2D eigenvalue weighted by Crippen LogP contribution is -2.53. The molecule has 2 aliphatic rings. The predicted octanol–water partition coefficient (Wildman–Crippen LogP) is 2.33. The molecule has 0 radical (unpaired) electrons. The van der Waals surface area contributed by atoms with Crippen LogP contribution in [0.3, 0.4) is 0 Å². The van der Waals surface area contributed by atoms with Gasteiger partial charge in [0.05, 0.1) is 5.92 Å². The van der Waals surface area contributed by atoms with Gasteiger partial charge in [0.25, 0.3) is 5.78 Å². The van der Waals surface area contributed by atoms with Gasteiger partial charge < -0.3 is 20.0 Å². The summed E-state index contributed by atoms with van der Waals surface area (Å²) in [6.07, 6.45) is 3.16. The predicted molar refractivity (Wildman–Crippen MR) is 129 cm³/mol. The molecule has 4 heterocycles. The average Bonchev–Trinajstić information content (AvgIpc) is 3.32. The molecule has 5 rings (SSSR count). The monoisotopic (exact) mass is 462 g/mol. The lowest BCUT2D eigenvalue weighted by atomic mass is 9.96. The molecule has 0 bridgehead atoms. The van der Waals surface area contributed by atoms with Crippen molar-refractivity contribution in [2.45, 2.75) is 26.7 Å². The Morgan fingerprint density at radius 2 is 1.85 bits per heavy atom. The first-order chi connectivity index (χ1) is 16.5. The molecule has 3 amide bonds. The first kappa shape index (κ1) is 22.1. The number of hydrogen-bond acceptors (Lipinski definition) is 6. The summed E-state index contributed by atoms with van der Waals surface area (Å²) >= 11 is 0. The number of aromatic nitrogens is 4. The number of urea groups is 1. The number of nitrogens with one attached hydrogen (secondary N) is 1. The molecular formula is C24H30N8O2. The Balaban J connectivity index is 1.19. The number of carbonyl (C=O) groups is 2. The zero-order valence-corrected chi connectivity index (χ0v) is 19.6. The van der Waals surface area contributed by atoms with Crippen molar-refractivity contribution in [1.29, 1.82) is 0 Å². The minimum atomic E-state index is -0.159. The summed E-state index contributed by atoms with van der Waals surface area (Å²) in [5.74, 6) is 1.52. The van der Waals surface area contributed by atoms with E-state index in [1.165, 1.54) is 6.33 Å². The van der Waals surface area contributed by atoms with Gasteiger partial charge in [0.15, 0.2) is 0 Å². The maximum atomic E-state index is 13.3. The van der Waals surface area contributed by atoms with Gasteiger partial charge in [-0.05, 0) is 44.4 Å². The van der Waals surface area contributed by atoms with Crippen LogP contribution < -0.4 is 10.2 Å². The van der Waals surface area contributed by atoms with Gasteiger partial charge in [-0.1, -0.05) is 12.1 Å². The number of nitrogens with zero attached hydrogens (tertiary/aromatic N) is 7. The molecule has 178 valence electrons. The Labute approximate surface area is 198 Å². The van der Waals surface area contributed by atoms with Crippen LogP contribution >= 0.6 is 0 Å². The number of rotatable bonds is 3. The number of piperidine rings is 1. The highest BCUT2D eigenvalue weighted by Crippen LogP contribution is 2.23. The maximum absolute atomic E-state index is 13.3. The number of carbonyl (C=O) groups excluding carboxylic acids is 2. The van der Waals surface area contributed by atoms with E-state index in [-0.39, 0.29) is 17.9 Å². The average molecular weight is 463 g/mol. The Kier molecular flexibility index (Phi) is 6.04. The lowest BCUT2D eigenvalue weighted by molar-refractivity contribution is -0.137. The smallest absolute Gasteiger partial charge is 0.321 e. The highest BCUT2D eigenvalue weighted by molar-refractivity contribution is 5.90. The first-order valence-corrected chi connectivity index (χ1v) is 11.8. The van der Waals surface area contributed by atoms with Crippen molar-refractivity contribution in [2.24, 2.45) is 5.92 Å². The second-order valence-corrected chi connectivity index (χ2v) is 9.12. The van der Waals surface area contributed by atoms with Crippen molar-refractivity contribution in [2.75, 3.05) is 49.5 Å². The van der Waals surface area contributed by atoms with E-state index in [0.29, 0.717) is 45.0 Å². The molecule has 0 spiro atoms. The van der Waals surface area contributed by atoms with E-state index in [9.17, 15) is 9.59 Å². The maximum Gasteiger partial charge on any atom is 0.321 e. The van der Waals surface area contributed by atoms with Crippen LogP contribution in [0.2, 0.25) is 0 Å². The van der Waals surface area contributed by atoms with E-state index >= 15 is 0 Å². The van der Waals surface area contributed by atoms with Crippen molar-refractivity contribution in [3.63, 3.8) is 0 Å². The highest BCUT2D eigenvalue weighted by Gasteiger charge is 2.33. The quantitative estimate of drug-likeness (QED) is 0.642. The molecule has 34 heavy (non-hydrogen) atoms. The minimum Gasteiger partial charge on any atom is -0.353 e. The summed E-state index contributed by atoms with van der Waals surface area (Å²) in [7, 11) is 0. The molecule has 1 unspecified atom stereocenters. The summed E-state index contributed by atoms with van der Waals surface area (Å²) in [5, 5.41) is 7.27. The molecule has 1 aromatic carbocycles. The number of piperazine rings is 1. The number of benzene rings is 1. The van der Waals surface area contributed by atoms with Crippen LogP contribution in [-0.4, -0.2) is 80.6 Å². The van der Waals surface area contributed by atoms with E-state index in [0.717, 1.165) is 35.6 Å². The molecule has 1 N–H and O–H groups in total. The van der Waals surface area contributed by atoms with Crippen LogP contribution in [0.25, 0.3) is 5.78 Å². The van der Waals surface area contributed by atoms with Crippen molar-refractivity contribution in [1.82, 2.24) is 29.4 Å². The Bertz CT molecular complexity index is 1200. The number of hydrogen-bond donors (Lipinski definition) is 1. The molecular weight excluding hydrogens is 432 g/mol. The van der Waals surface area contributed by atoms with Gasteiger partial charge in [0.1, 0.15) is 12.1 Å². The standard InChI is InChI=1S/C24H30N8O2/c1-17-5-3-7-20(13-17)28-24(34)31-8-4-6-19(15-31)22(33)30-11-9-29(10-12-30)21-14-18(2)27-23-25-16-26-32(21)23/h3,5,7,13-14,16,19H,4,6,8-12,15H2,1-2H3,(H,28,34). The molecule has 2 fully saturated rings. The number of anilines is 2. The second kappa shape index (κ2) is 9.28. The van der Waals surface area contributed by atoms with Gasteiger partial charge >= 0.3 is 6.03 Å². The second-order valence-electron chi connectivity index (χ2n) is 9.12. The van der Waals surface area contributed by atoms with Crippen LogP contribution in [0, 0.1) is 19.8 Å². The summed E-state index contributed by atoms with van der Waals surface area (Å²) in [6, 6.07) is 9.61. The van der Waals surface area contributed by atoms with Gasteiger partial charge in [-0.25, -0.2) is 9.78 Å². The molecule has 0 saturated carbocycles. The van der Waals surface area contributed by atoms with Crippen molar-refractivity contribution >= 4 is 29.2 Å². The van der Waals surface area contributed by atoms with E-state index in [4.69, 9.17) is 0 Å². The Morgan fingerprint density at radius 1 is 1.03 bits per heavy atom. The van der Waals surface area contributed by atoms with Crippen LogP contribution in [-0.2, 0) is 4.79 Å². The summed E-state index contributed by atoms with van der Waals surface area (Å²) in [4.78, 5) is 40.7. The number of amides is 3. The normalized spacial score (nSPS) is 18.9. The fourth-order valence-corrected chi connectivity index (χ4v) is 4.84. The Morgan fingerprint density at radius 3 is 2.65 bits per heavy atom. The first-order valence-electron chi connectivity index (χ1n) is 11.8. The van der Waals surface area contributed by atoms with Crippen LogP contribution in [0.1, 0.15) is 24.1 Å². The van der Waals surface area contributed by atoms with Gasteiger partial charge in [-0.3, -0.25) is 4.79 Å². The fourth-order valence-electron chi connectivity index (χ4n) is 4.84. The molecule has 1 atom stereocenters. The highest BCUT2D eigenvalue weighted by atomic mass is 16.2. The summed E-state index contributed by atoms with van der Waals surface area (Å²) in [5.41, 5.74) is 2.76. The van der Waals surface area contributed by atoms with Crippen molar-refractivity contribution < 1.29 is 9.59 Å². The molecule has 3 aromatic rings. The van der Waals surface area contributed by atoms with E-state index in [1.54, 1.807) is 9.42 Å². The molecule has 0 aliphatic carbocycles. The molecule has 2 saturated heterocycles. The van der Waals surface area contributed by atoms with Crippen LogP contribution in [0.15, 0.2) is 36.7 Å². The molecule has 2 aromatic heterocycles. The topological polar surface area (TPSA) is 99.0 Å². The molecule has 2 aliphatic heterocycles. The fraction of sp³-hybridized carbons (Fsp3) is 0.458. The van der Waals surface area contributed by atoms with E-state index in [1.807, 2.05) is 49.1 Å². The molecule has 10 nitrogen and oxygen atoms in total. The molecule has 10 heteroatoms. The van der Waals surface area contributed by atoms with Gasteiger partial charge in [0, 0.05) is 56.7 Å². The summed E-state index contributed by atoms with van der Waals surface area (Å²) < 4.78 is 1.75. The SMILES string of the molecule is Cc1cccc(NC(=O)N2CCCC(C(=O)N3CCN(c4cc(C)nc5ncnn45)CC3)C2)c1. The van der Waals surface area contributed by atoms with Gasteiger partial charge in [0.2, 0.25) is 5.91 Å². The number of aryl methyl sites for hydroxylation is 2. The lowest BCUT2D eigenvalue weighted by Gasteiger charge is -2.39. The van der Waals surface area contributed by atoms with Crippen LogP contribution in [0.4, 0.5) is 16.3 Å². The number of likely N-dealkylation sites (tertiary alicyclic amines) is 1. The zero-order valence-electron chi connectivity index (χ0n) is 19.6. The third-order valence-corrected chi connectivity index (χ3v) is 6.60. The van der Waals surface area contributed by atoms with Crippen molar-refractivity contribution in [3.8, 4) is 0 Å². The van der Waals surface area contributed by atoms with Crippen LogP contribution in [0.5, 0.6) is 0 Å². The van der Waals surface area contributed by atoms with E-state index < -0.39 is 0 Å². The summed E-state index contributed by atoms with van der Waals surface area (Å²) in [6.45, 7) is 7.79. The van der Waals surface area contributed by atoms with E-state index in [2.05, 4.69) is 25.3 Å². The zero-order chi connectivity index (χ0) is 23.7.